The van der Waals surface area contributed by atoms with Crippen LogP contribution in [0, 0.1) is 4.91 Å². The summed E-state index contributed by atoms with van der Waals surface area (Å²) in [5, 5.41) is 2.83. The van der Waals surface area contributed by atoms with E-state index in [2.05, 4.69) is 5.18 Å². The van der Waals surface area contributed by atoms with E-state index in [9.17, 15) is 4.91 Å². The smallest absolute Gasteiger partial charge is 0.134 e. The molecular weight excluding hydrogens is 154 g/mol. The topological polar surface area (TPSA) is 38.7 Å². The highest BCUT2D eigenvalue weighted by Gasteiger charge is 2.12. The Morgan fingerprint density at radius 3 is 2.75 bits per heavy atom. The molecule has 12 heavy (non-hydrogen) atoms. The van der Waals surface area contributed by atoms with Crippen molar-refractivity contribution in [3.63, 3.8) is 0 Å². The molecule has 0 N–H and O–H groups in total. The normalized spacial score (nSPS) is 23.7. The predicted molar refractivity (Wildman–Crippen MR) is 47.3 cm³/mol. The van der Waals surface area contributed by atoms with E-state index in [1.807, 2.05) is 26.0 Å². The van der Waals surface area contributed by atoms with Gasteiger partial charge in [0.2, 0.25) is 0 Å². The second-order valence-electron chi connectivity index (χ2n) is 2.41. The molecule has 0 fully saturated rings. The predicted octanol–water partition coefficient (Wildman–Crippen LogP) is 2.52. The van der Waals surface area contributed by atoms with Crippen LogP contribution in [0.4, 0.5) is 0 Å². The molecule has 0 aromatic carbocycles. The summed E-state index contributed by atoms with van der Waals surface area (Å²) in [4.78, 5) is 10.2. The largest absolute Gasteiger partial charge is 0.487 e. The van der Waals surface area contributed by atoms with Crippen molar-refractivity contribution in [1.29, 1.82) is 0 Å². The molecule has 3 heteroatoms. The lowest BCUT2D eigenvalue weighted by Gasteiger charge is -2.15. The van der Waals surface area contributed by atoms with Gasteiger partial charge in [-0.3, -0.25) is 0 Å². The van der Waals surface area contributed by atoms with Gasteiger partial charge in [0.15, 0.2) is 0 Å². The molecule has 0 spiro atoms. The first-order valence-electron chi connectivity index (χ1n) is 3.81. The molecule has 0 aromatic heterocycles. The van der Waals surface area contributed by atoms with Crippen LogP contribution >= 0.6 is 0 Å². The number of nitrogens with zero attached hydrogens (tertiary/aromatic N) is 1. The maximum Gasteiger partial charge on any atom is 0.134 e. The zero-order chi connectivity index (χ0) is 8.97. The van der Waals surface area contributed by atoms with Crippen LogP contribution < -0.4 is 0 Å². The minimum Gasteiger partial charge on any atom is -0.487 e. The summed E-state index contributed by atoms with van der Waals surface area (Å²) in [6.45, 7) is 4.07. The summed E-state index contributed by atoms with van der Waals surface area (Å²) in [7, 11) is 0. The van der Waals surface area contributed by atoms with Crippen LogP contribution in [0.15, 0.2) is 40.4 Å². The lowest BCUT2D eigenvalue weighted by atomic mass is 10.1. The first-order valence-corrected chi connectivity index (χ1v) is 3.81. The average Bonchev–Trinajstić information content (AvgIpc) is 2.16. The fraction of sp³-hybridized carbons (Fsp3) is 0.333. The van der Waals surface area contributed by atoms with Crippen molar-refractivity contribution in [2.75, 3.05) is 6.61 Å². The van der Waals surface area contributed by atoms with Gasteiger partial charge in [0.05, 0.1) is 0 Å². The number of rotatable bonds is 1. The van der Waals surface area contributed by atoms with E-state index < -0.39 is 0 Å². The third-order valence-corrected chi connectivity index (χ3v) is 1.67. The molecule has 1 heterocycles. The molecule has 0 radical (unpaired) electrons. The SMILES string of the molecule is C/C=C1/C=C(N=O)CO/C1=C/C. The quantitative estimate of drug-likeness (QED) is 0.560. The van der Waals surface area contributed by atoms with Crippen LogP contribution in [0.3, 0.4) is 0 Å². The van der Waals surface area contributed by atoms with Crippen LogP contribution in [-0.2, 0) is 4.74 Å². The average molecular weight is 165 g/mol. The molecule has 0 unspecified atom stereocenters. The van der Waals surface area contributed by atoms with Crippen molar-refractivity contribution in [3.8, 4) is 0 Å². The zero-order valence-corrected chi connectivity index (χ0v) is 7.20. The molecule has 0 amide bonds. The van der Waals surface area contributed by atoms with E-state index in [4.69, 9.17) is 4.74 Å². The molecule has 0 saturated carbocycles. The minimum atomic E-state index is 0.278. The maximum atomic E-state index is 10.2. The van der Waals surface area contributed by atoms with Gasteiger partial charge in [-0.1, -0.05) is 6.08 Å². The van der Waals surface area contributed by atoms with Crippen molar-refractivity contribution >= 4 is 0 Å². The summed E-state index contributed by atoms with van der Waals surface area (Å²) in [5.74, 6) is 0.810. The first-order chi connectivity index (χ1) is 5.81. The third-order valence-electron chi connectivity index (χ3n) is 1.67. The summed E-state index contributed by atoms with van der Waals surface area (Å²) in [5.41, 5.74) is 1.35. The second-order valence-corrected chi connectivity index (χ2v) is 2.41. The number of hydrogen-bond donors (Lipinski definition) is 0. The lowest BCUT2D eigenvalue weighted by molar-refractivity contribution is 0.240. The molecule has 1 aliphatic heterocycles. The molecular formula is C9H11NO2. The van der Waals surface area contributed by atoms with Gasteiger partial charge < -0.3 is 4.74 Å². The van der Waals surface area contributed by atoms with Crippen LogP contribution in [0.1, 0.15) is 13.8 Å². The van der Waals surface area contributed by atoms with Crippen molar-refractivity contribution in [2.45, 2.75) is 13.8 Å². The standard InChI is InChI=1S/C9H11NO2/c1-3-7-5-8(10-11)6-12-9(7)4-2/h3-5H,6H2,1-2H3/b7-3-,9-4+. The molecule has 64 valence electrons. The van der Waals surface area contributed by atoms with Crippen LogP contribution in [-0.4, -0.2) is 6.61 Å². The molecule has 0 aliphatic carbocycles. The minimum absolute atomic E-state index is 0.278. The van der Waals surface area contributed by atoms with E-state index in [0.29, 0.717) is 5.70 Å². The molecule has 0 bridgehead atoms. The van der Waals surface area contributed by atoms with Gasteiger partial charge in [-0.15, -0.1) is 4.91 Å². The molecule has 0 saturated heterocycles. The highest BCUT2D eigenvalue weighted by molar-refractivity contribution is 5.40. The van der Waals surface area contributed by atoms with E-state index in [-0.39, 0.29) is 6.61 Å². The van der Waals surface area contributed by atoms with Crippen LogP contribution in [0.5, 0.6) is 0 Å². The highest BCUT2D eigenvalue weighted by atomic mass is 16.5. The Morgan fingerprint density at radius 2 is 2.25 bits per heavy atom. The Labute approximate surface area is 71.4 Å². The molecule has 1 aliphatic rings. The Kier molecular flexibility index (Phi) is 2.80. The number of allylic oxidation sites excluding steroid dienone is 3. The van der Waals surface area contributed by atoms with Crippen LogP contribution in [0.25, 0.3) is 0 Å². The zero-order valence-electron chi connectivity index (χ0n) is 7.20. The molecule has 0 aromatic rings. The van der Waals surface area contributed by atoms with E-state index in [1.54, 1.807) is 6.08 Å². The van der Waals surface area contributed by atoms with Gasteiger partial charge >= 0.3 is 0 Å². The maximum absolute atomic E-state index is 10.2. The van der Waals surface area contributed by atoms with Crippen molar-refractivity contribution < 1.29 is 4.74 Å². The van der Waals surface area contributed by atoms with Gasteiger partial charge in [0.1, 0.15) is 18.1 Å². The van der Waals surface area contributed by atoms with Crippen LogP contribution in [0.2, 0.25) is 0 Å². The van der Waals surface area contributed by atoms with Crippen molar-refractivity contribution in [3.05, 3.63) is 40.2 Å². The summed E-state index contributed by atoms with van der Waals surface area (Å²) in [6.07, 6.45) is 5.50. The van der Waals surface area contributed by atoms with Crippen molar-refractivity contribution in [2.24, 2.45) is 5.18 Å². The summed E-state index contributed by atoms with van der Waals surface area (Å²) in [6, 6.07) is 0. The second kappa shape index (κ2) is 3.85. The number of ether oxygens (including phenoxy) is 1. The summed E-state index contributed by atoms with van der Waals surface area (Å²) < 4.78 is 5.26. The van der Waals surface area contributed by atoms with Crippen molar-refractivity contribution in [1.82, 2.24) is 0 Å². The highest BCUT2D eigenvalue weighted by Crippen LogP contribution is 2.21. The molecule has 1 rings (SSSR count). The Morgan fingerprint density at radius 1 is 1.50 bits per heavy atom. The van der Waals surface area contributed by atoms with Gasteiger partial charge in [-0.05, 0) is 31.2 Å². The lowest BCUT2D eigenvalue weighted by Crippen LogP contribution is -2.05. The monoisotopic (exact) mass is 165 g/mol. The number of hydrogen-bond acceptors (Lipinski definition) is 3. The van der Waals surface area contributed by atoms with Gasteiger partial charge in [0, 0.05) is 5.57 Å². The summed E-state index contributed by atoms with van der Waals surface area (Å²) >= 11 is 0. The molecule has 3 nitrogen and oxygen atoms in total. The Hall–Kier alpha value is -1.38. The Bertz CT molecular complexity index is 274. The van der Waals surface area contributed by atoms with Gasteiger partial charge in [-0.25, -0.2) is 0 Å². The van der Waals surface area contributed by atoms with Gasteiger partial charge in [0.25, 0.3) is 0 Å². The fourth-order valence-electron chi connectivity index (χ4n) is 1.06. The van der Waals surface area contributed by atoms with Gasteiger partial charge in [-0.2, -0.15) is 0 Å². The van der Waals surface area contributed by atoms with E-state index >= 15 is 0 Å². The Balaban J connectivity index is 2.97. The van der Waals surface area contributed by atoms with E-state index in [0.717, 1.165) is 11.3 Å². The first kappa shape index (κ1) is 8.71. The van der Waals surface area contributed by atoms with E-state index in [1.165, 1.54) is 0 Å². The third kappa shape index (κ3) is 1.61. The number of nitroso groups, excluding NO2 is 1. The molecule has 0 atom stereocenters. The fourth-order valence-corrected chi connectivity index (χ4v) is 1.06.